The molecule has 1 amide bonds. The molecule has 114 valence electrons. The van der Waals surface area contributed by atoms with Gasteiger partial charge >= 0.3 is 5.97 Å². The molecule has 2 rings (SSSR count). The fourth-order valence-electron chi connectivity index (χ4n) is 2.87. The number of aliphatic carboxylic acids is 1. The molecule has 6 heteroatoms. The molecule has 1 fully saturated rings. The number of carbonyl (C=O) groups excluding carboxylic acids is 1. The molecule has 0 radical (unpaired) electrons. The maximum Gasteiger partial charge on any atom is 0.308 e. The molecule has 1 aromatic carbocycles. The van der Waals surface area contributed by atoms with Gasteiger partial charge in [-0.05, 0) is 53.9 Å². The second-order valence-electron chi connectivity index (χ2n) is 5.50. The summed E-state index contributed by atoms with van der Waals surface area (Å²) in [7, 11) is 0. The molecule has 1 heterocycles. The van der Waals surface area contributed by atoms with E-state index in [4.69, 9.17) is 11.6 Å². The van der Waals surface area contributed by atoms with Crippen LogP contribution in [0.15, 0.2) is 22.7 Å². The van der Waals surface area contributed by atoms with Gasteiger partial charge < -0.3 is 10.0 Å². The Kier molecular flexibility index (Phi) is 4.94. The predicted octanol–water partition coefficient (Wildman–Crippen LogP) is 3.88. The van der Waals surface area contributed by atoms with Crippen LogP contribution in [0.1, 0.15) is 38.3 Å². The molecule has 1 N–H and O–H groups in total. The van der Waals surface area contributed by atoms with Crippen LogP contribution in [0.4, 0.5) is 0 Å². The van der Waals surface area contributed by atoms with Gasteiger partial charge in [-0.15, -0.1) is 0 Å². The maximum absolute atomic E-state index is 12.2. The van der Waals surface area contributed by atoms with Gasteiger partial charge in [0, 0.05) is 16.9 Å². The SMILES string of the molecule is CC(C)N1C(=O)CCC(C(=O)O)C1c1ccc(Br)c(Cl)c1. The first-order valence-corrected chi connectivity index (χ1v) is 7.99. The van der Waals surface area contributed by atoms with Crippen molar-refractivity contribution in [1.82, 2.24) is 4.90 Å². The van der Waals surface area contributed by atoms with Gasteiger partial charge in [-0.1, -0.05) is 17.7 Å². The molecule has 0 aromatic heterocycles. The van der Waals surface area contributed by atoms with Gasteiger partial charge in [0.15, 0.2) is 0 Å². The van der Waals surface area contributed by atoms with E-state index in [0.717, 1.165) is 10.0 Å². The molecule has 21 heavy (non-hydrogen) atoms. The average molecular weight is 375 g/mol. The number of halogens is 2. The standard InChI is InChI=1S/C15H17BrClNO3/c1-8(2)18-13(19)6-4-10(15(20)21)14(18)9-3-5-11(16)12(17)7-9/h3,5,7-8,10,14H,4,6H2,1-2H3,(H,20,21). The number of hydrogen-bond acceptors (Lipinski definition) is 2. The molecule has 1 aliphatic rings. The van der Waals surface area contributed by atoms with E-state index in [2.05, 4.69) is 15.9 Å². The number of rotatable bonds is 3. The first-order valence-electron chi connectivity index (χ1n) is 6.82. The second-order valence-corrected chi connectivity index (χ2v) is 6.76. The van der Waals surface area contributed by atoms with Crippen molar-refractivity contribution in [3.05, 3.63) is 33.3 Å². The smallest absolute Gasteiger partial charge is 0.308 e. The normalized spacial score (nSPS) is 22.7. The quantitative estimate of drug-likeness (QED) is 0.873. The van der Waals surface area contributed by atoms with Crippen LogP contribution in [0.2, 0.25) is 5.02 Å². The molecule has 1 aromatic rings. The lowest BCUT2D eigenvalue weighted by Crippen LogP contribution is -2.48. The van der Waals surface area contributed by atoms with Crippen LogP contribution in [-0.2, 0) is 9.59 Å². The first-order chi connectivity index (χ1) is 9.82. The summed E-state index contributed by atoms with van der Waals surface area (Å²) in [5.41, 5.74) is 0.761. The topological polar surface area (TPSA) is 57.6 Å². The van der Waals surface area contributed by atoms with Crippen molar-refractivity contribution in [2.75, 3.05) is 0 Å². The van der Waals surface area contributed by atoms with Gasteiger partial charge in [0.1, 0.15) is 0 Å². The van der Waals surface area contributed by atoms with Crippen molar-refractivity contribution in [3.8, 4) is 0 Å². The van der Waals surface area contributed by atoms with E-state index in [-0.39, 0.29) is 18.4 Å². The third kappa shape index (κ3) is 3.24. The maximum atomic E-state index is 12.2. The molecule has 0 spiro atoms. The summed E-state index contributed by atoms with van der Waals surface area (Å²) in [5, 5.41) is 10.0. The molecule has 1 aliphatic heterocycles. The molecule has 2 unspecified atom stereocenters. The molecule has 0 bridgehead atoms. The minimum atomic E-state index is -0.878. The van der Waals surface area contributed by atoms with E-state index in [1.807, 2.05) is 19.9 Å². The summed E-state index contributed by atoms with van der Waals surface area (Å²) in [5.74, 6) is -1.49. The molecule has 2 atom stereocenters. The number of carboxylic acids is 1. The van der Waals surface area contributed by atoms with Crippen molar-refractivity contribution < 1.29 is 14.7 Å². The van der Waals surface area contributed by atoms with Gasteiger partial charge in [-0.3, -0.25) is 9.59 Å². The summed E-state index contributed by atoms with van der Waals surface area (Å²) in [6.45, 7) is 3.80. The number of carbonyl (C=O) groups is 2. The monoisotopic (exact) mass is 373 g/mol. The minimum Gasteiger partial charge on any atom is -0.481 e. The van der Waals surface area contributed by atoms with Crippen molar-refractivity contribution in [1.29, 1.82) is 0 Å². The Balaban J connectivity index is 2.51. The van der Waals surface area contributed by atoms with Crippen LogP contribution >= 0.6 is 27.5 Å². The van der Waals surface area contributed by atoms with Crippen molar-refractivity contribution >= 4 is 39.4 Å². The van der Waals surface area contributed by atoms with E-state index >= 15 is 0 Å². The van der Waals surface area contributed by atoms with Crippen molar-refractivity contribution in [2.45, 2.75) is 38.8 Å². The number of nitrogens with zero attached hydrogens (tertiary/aromatic N) is 1. The highest BCUT2D eigenvalue weighted by Crippen LogP contribution is 2.39. The van der Waals surface area contributed by atoms with Crippen LogP contribution in [-0.4, -0.2) is 27.9 Å². The Bertz CT molecular complexity index is 576. The second kappa shape index (κ2) is 6.36. The highest BCUT2D eigenvalue weighted by atomic mass is 79.9. The fourth-order valence-corrected chi connectivity index (χ4v) is 3.31. The highest BCUT2D eigenvalue weighted by molar-refractivity contribution is 9.10. The van der Waals surface area contributed by atoms with Crippen LogP contribution < -0.4 is 0 Å². The predicted molar refractivity (Wildman–Crippen MR) is 84.2 cm³/mol. The summed E-state index contributed by atoms with van der Waals surface area (Å²) in [6.07, 6.45) is 0.631. The van der Waals surface area contributed by atoms with E-state index in [1.54, 1.807) is 17.0 Å². The van der Waals surface area contributed by atoms with Gasteiger partial charge in [-0.25, -0.2) is 0 Å². The number of carboxylic acid groups (broad SMARTS) is 1. The molecular weight excluding hydrogens is 358 g/mol. The third-order valence-electron chi connectivity index (χ3n) is 3.80. The summed E-state index contributed by atoms with van der Waals surface area (Å²) >= 11 is 9.45. The Labute approximate surface area is 137 Å². The Morgan fingerprint density at radius 3 is 2.67 bits per heavy atom. The van der Waals surface area contributed by atoms with Crippen LogP contribution in [0.3, 0.4) is 0 Å². The molecule has 1 saturated heterocycles. The fraction of sp³-hybridized carbons (Fsp3) is 0.467. The lowest BCUT2D eigenvalue weighted by Gasteiger charge is -2.42. The van der Waals surface area contributed by atoms with Crippen LogP contribution in [0, 0.1) is 5.92 Å². The van der Waals surface area contributed by atoms with Crippen molar-refractivity contribution in [2.24, 2.45) is 5.92 Å². The van der Waals surface area contributed by atoms with E-state index < -0.39 is 17.9 Å². The number of piperidine rings is 1. The number of benzene rings is 1. The van der Waals surface area contributed by atoms with Crippen molar-refractivity contribution in [3.63, 3.8) is 0 Å². The van der Waals surface area contributed by atoms with Gasteiger partial charge in [-0.2, -0.15) is 0 Å². The largest absolute Gasteiger partial charge is 0.481 e. The zero-order valence-corrected chi connectivity index (χ0v) is 14.2. The average Bonchev–Trinajstić information content (AvgIpc) is 2.40. The molecule has 0 saturated carbocycles. The van der Waals surface area contributed by atoms with E-state index in [1.165, 1.54) is 0 Å². The molecule has 4 nitrogen and oxygen atoms in total. The van der Waals surface area contributed by atoms with E-state index in [0.29, 0.717) is 11.4 Å². The summed E-state index contributed by atoms with van der Waals surface area (Å²) in [4.78, 5) is 25.5. The number of likely N-dealkylation sites (tertiary alicyclic amines) is 1. The van der Waals surface area contributed by atoms with Gasteiger partial charge in [0.25, 0.3) is 0 Å². The third-order valence-corrected chi connectivity index (χ3v) is 5.03. The Morgan fingerprint density at radius 1 is 1.48 bits per heavy atom. The highest BCUT2D eigenvalue weighted by Gasteiger charge is 2.41. The summed E-state index contributed by atoms with van der Waals surface area (Å²) in [6, 6.07) is 4.81. The summed E-state index contributed by atoms with van der Waals surface area (Å²) < 4.78 is 0.748. The molecule has 0 aliphatic carbocycles. The Hall–Kier alpha value is -1.07. The Morgan fingerprint density at radius 2 is 2.14 bits per heavy atom. The minimum absolute atomic E-state index is 0.00783. The molecular formula is C15H17BrClNO3. The van der Waals surface area contributed by atoms with Crippen LogP contribution in [0.5, 0.6) is 0 Å². The van der Waals surface area contributed by atoms with Gasteiger partial charge in [0.05, 0.1) is 17.0 Å². The zero-order valence-electron chi connectivity index (χ0n) is 11.8. The van der Waals surface area contributed by atoms with Crippen LogP contribution in [0.25, 0.3) is 0 Å². The first kappa shape index (κ1) is 16.3. The van der Waals surface area contributed by atoms with E-state index in [9.17, 15) is 14.7 Å². The number of hydrogen-bond donors (Lipinski definition) is 1. The lowest BCUT2D eigenvalue weighted by molar-refractivity contribution is -0.153. The zero-order chi connectivity index (χ0) is 15.7. The lowest BCUT2D eigenvalue weighted by atomic mass is 9.83. The van der Waals surface area contributed by atoms with Gasteiger partial charge in [0.2, 0.25) is 5.91 Å². The number of amides is 1.